The molecule has 1 aliphatic rings. The number of fused-ring (bicyclic) bond motifs is 1. The molecule has 0 aliphatic carbocycles. The van der Waals surface area contributed by atoms with Gasteiger partial charge in [0.1, 0.15) is 11.3 Å². The minimum absolute atomic E-state index is 0.263. The van der Waals surface area contributed by atoms with Crippen molar-refractivity contribution >= 4 is 27.3 Å². The number of benzene rings is 2. The monoisotopic (exact) mass is 371 g/mol. The molecule has 1 amide bonds. The van der Waals surface area contributed by atoms with Crippen LogP contribution in [0.25, 0.3) is 0 Å². The maximum atomic E-state index is 12.8. The molecule has 0 saturated carbocycles. The fourth-order valence-corrected chi connectivity index (χ4v) is 4.24. The van der Waals surface area contributed by atoms with E-state index in [1.807, 2.05) is 55.5 Å². The molecule has 2 aromatic carbocycles. The fraction of sp³-hybridized carbons (Fsp3) is 0.263. The van der Waals surface area contributed by atoms with Gasteiger partial charge < -0.3 is 5.32 Å². The number of rotatable bonds is 5. The third kappa shape index (κ3) is 3.68. The Bertz CT molecular complexity index is 940. The van der Waals surface area contributed by atoms with Crippen LogP contribution in [0.2, 0.25) is 0 Å². The summed E-state index contributed by atoms with van der Waals surface area (Å²) in [5.41, 5.74) is 2.74. The number of aliphatic imine (C=N–C) groups is 1. The molecule has 3 rings (SSSR count). The van der Waals surface area contributed by atoms with Crippen molar-refractivity contribution in [1.29, 1.82) is 0 Å². The summed E-state index contributed by atoms with van der Waals surface area (Å²) < 4.78 is 24.2. The summed E-state index contributed by atoms with van der Waals surface area (Å²) in [6.45, 7) is 1.85. The normalized spacial score (nSPS) is 18.3. The van der Waals surface area contributed by atoms with E-state index >= 15 is 0 Å². The summed E-state index contributed by atoms with van der Waals surface area (Å²) in [5.74, 6) is -0.462. The van der Waals surface area contributed by atoms with Crippen LogP contribution in [0.15, 0.2) is 59.6 Å². The highest BCUT2D eigenvalue weighted by Gasteiger charge is 2.37. The van der Waals surface area contributed by atoms with E-state index in [0.29, 0.717) is 17.8 Å². The molecule has 2 aromatic rings. The van der Waals surface area contributed by atoms with E-state index in [4.69, 9.17) is 5.14 Å². The second-order valence-electron chi connectivity index (χ2n) is 6.24. The summed E-state index contributed by atoms with van der Waals surface area (Å²) in [4.78, 5) is 17.4. The number of amides is 1. The maximum absolute atomic E-state index is 12.8. The number of benzodiazepines with no additional fused rings is 1. The molecule has 0 radical (unpaired) electrons. The third-order valence-electron chi connectivity index (χ3n) is 4.37. The van der Waals surface area contributed by atoms with E-state index in [9.17, 15) is 13.2 Å². The molecular formula is C19H21N3O3S. The highest BCUT2D eigenvalue weighted by Crippen LogP contribution is 2.27. The molecule has 0 fully saturated rings. The first-order valence-electron chi connectivity index (χ1n) is 8.47. The van der Waals surface area contributed by atoms with Gasteiger partial charge >= 0.3 is 0 Å². The van der Waals surface area contributed by atoms with Crippen LogP contribution in [-0.4, -0.2) is 31.3 Å². The lowest BCUT2D eigenvalue weighted by atomic mass is 10.0. The van der Waals surface area contributed by atoms with E-state index in [-0.39, 0.29) is 6.42 Å². The van der Waals surface area contributed by atoms with Gasteiger partial charge in [-0.2, -0.15) is 0 Å². The number of hydrogen-bond acceptors (Lipinski definition) is 4. The number of para-hydroxylation sites is 1. The molecule has 0 aromatic heterocycles. The van der Waals surface area contributed by atoms with Crippen LogP contribution in [0.1, 0.15) is 30.9 Å². The first kappa shape index (κ1) is 18.3. The molecule has 26 heavy (non-hydrogen) atoms. The highest BCUT2D eigenvalue weighted by atomic mass is 32.2. The second kappa shape index (κ2) is 7.39. The van der Waals surface area contributed by atoms with Gasteiger partial charge in [0.05, 0.1) is 11.4 Å². The average molecular weight is 371 g/mol. The summed E-state index contributed by atoms with van der Waals surface area (Å²) in [6.07, 6.45) is 0.840. The zero-order valence-electron chi connectivity index (χ0n) is 14.4. The quantitative estimate of drug-likeness (QED) is 0.843. The van der Waals surface area contributed by atoms with Gasteiger partial charge in [0, 0.05) is 11.1 Å². The number of nitrogens with one attached hydrogen (secondary N) is 1. The molecule has 0 spiro atoms. The van der Waals surface area contributed by atoms with Crippen LogP contribution in [0.4, 0.5) is 5.69 Å². The summed E-state index contributed by atoms with van der Waals surface area (Å²) in [5, 5.41) is 7.16. The van der Waals surface area contributed by atoms with E-state index in [1.54, 1.807) is 6.07 Å². The lowest BCUT2D eigenvalue weighted by Gasteiger charge is -2.20. The number of nitrogens with zero attached hydrogens (tertiary/aromatic N) is 1. The number of nitrogens with two attached hydrogens (primary N) is 1. The smallest absolute Gasteiger partial charge is 0.250 e. The molecule has 136 valence electrons. The molecule has 1 heterocycles. The number of sulfonamides is 1. The predicted octanol–water partition coefficient (Wildman–Crippen LogP) is 2.30. The molecule has 3 N–H and O–H groups in total. The Hall–Kier alpha value is -2.51. The zero-order valence-corrected chi connectivity index (χ0v) is 15.2. The van der Waals surface area contributed by atoms with Gasteiger partial charge in [-0.05, 0) is 12.5 Å². The van der Waals surface area contributed by atoms with Crippen molar-refractivity contribution in [2.75, 3.05) is 5.32 Å². The van der Waals surface area contributed by atoms with Gasteiger partial charge in [0.15, 0.2) is 0 Å². The van der Waals surface area contributed by atoms with E-state index in [2.05, 4.69) is 10.3 Å². The van der Waals surface area contributed by atoms with E-state index < -0.39 is 27.2 Å². The second-order valence-corrected chi connectivity index (χ2v) is 8.02. The predicted molar refractivity (Wildman–Crippen MR) is 103 cm³/mol. The number of carbonyl (C=O) groups excluding carboxylic acids is 1. The Labute approximate surface area is 153 Å². The van der Waals surface area contributed by atoms with Gasteiger partial charge in [0.25, 0.3) is 5.91 Å². The van der Waals surface area contributed by atoms with Gasteiger partial charge in [-0.3, -0.25) is 9.79 Å². The largest absolute Gasteiger partial charge is 0.324 e. The zero-order chi connectivity index (χ0) is 18.7. The standard InChI is InChI=1S/C19H21N3O3S/c1-2-8-16(26(20,24)25)18-19(23)21-15-12-7-6-11-14(15)17(22-18)13-9-4-3-5-10-13/h3-7,9-12,16,18H,2,8H2,1H3,(H,21,23)(H2,20,24,25). The Kier molecular flexibility index (Phi) is 5.20. The van der Waals surface area contributed by atoms with Crippen molar-refractivity contribution in [3.05, 3.63) is 65.7 Å². The maximum Gasteiger partial charge on any atom is 0.250 e. The minimum atomic E-state index is -3.94. The number of carbonyl (C=O) groups is 1. The Morgan fingerprint density at radius 2 is 1.77 bits per heavy atom. The topological polar surface area (TPSA) is 102 Å². The summed E-state index contributed by atoms with van der Waals surface area (Å²) in [7, 11) is -3.94. The van der Waals surface area contributed by atoms with Gasteiger partial charge in [-0.1, -0.05) is 61.9 Å². The highest BCUT2D eigenvalue weighted by molar-refractivity contribution is 7.89. The SMILES string of the molecule is CCCC(C1N=C(c2ccccc2)c2ccccc2NC1=O)S(N)(=O)=O. The minimum Gasteiger partial charge on any atom is -0.324 e. The summed E-state index contributed by atoms with van der Waals surface area (Å²) >= 11 is 0. The van der Waals surface area contributed by atoms with Crippen LogP contribution in [0.5, 0.6) is 0 Å². The van der Waals surface area contributed by atoms with Crippen LogP contribution in [-0.2, 0) is 14.8 Å². The first-order chi connectivity index (χ1) is 12.4. The van der Waals surface area contributed by atoms with E-state index in [1.165, 1.54) is 0 Å². The Morgan fingerprint density at radius 1 is 1.12 bits per heavy atom. The fourth-order valence-electron chi connectivity index (χ4n) is 3.14. The van der Waals surface area contributed by atoms with Gasteiger partial charge in [-0.15, -0.1) is 0 Å². The Morgan fingerprint density at radius 3 is 2.42 bits per heavy atom. The van der Waals surface area contributed by atoms with Gasteiger partial charge in [0.2, 0.25) is 10.0 Å². The molecule has 2 unspecified atom stereocenters. The van der Waals surface area contributed by atoms with Crippen LogP contribution in [0, 0.1) is 0 Å². The number of hydrogen-bond donors (Lipinski definition) is 2. The first-order valence-corrected chi connectivity index (χ1v) is 10.1. The van der Waals surface area contributed by atoms with Crippen molar-refractivity contribution in [2.24, 2.45) is 10.1 Å². The van der Waals surface area contributed by atoms with Crippen LogP contribution < -0.4 is 10.5 Å². The van der Waals surface area contributed by atoms with E-state index in [0.717, 1.165) is 11.1 Å². The van der Waals surface area contributed by atoms with Gasteiger partial charge in [-0.25, -0.2) is 13.6 Å². The van der Waals surface area contributed by atoms with Crippen molar-refractivity contribution in [3.63, 3.8) is 0 Å². The van der Waals surface area contributed by atoms with Crippen molar-refractivity contribution in [1.82, 2.24) is 0 Å². The molecular weight excluding hydrogens is 350 g/mol. The Balaban J connectivity index is 2.20. The summed E-state index contributed by atoms with van der Waals surface area (Å²) in [6, 6.07) is 15.6. The van der Waals surface area contributed by atoms with Crippen molar-refractivity contribution < 1.29 is 13.2 Å². The molecule has 0 saturated heterocycles. The van der Waals surface area contributed by atoms with Crippen LogP contribution in [0.3, 0.4) is 0 Å². The molecule has 0 bridgehead atoms. The lowest BCUT2D eigenvalue weighted by molar-refractivity contribution is -0.117. The lowest BCUT2D eigenvalue weighted by Crippen LogP contribution is -2.44. The number of anilines is 1. The van der Waals surface area contributed by atoms with Crippen molar-refractivity contribution in [2.45, 2.75) is 31.1 Å². The number of primary sulfonamides is 1. The molecule has 7 heteroatoms. The molecule has 1 aliphatic heterocycles. The van der Waals surface area contributed by atoms with Crippen LogP contribution >= 0.6 is 0 Å². The third-order valence-corrected chi connectivity index (χ3v) is 5.71. The molecule has 6 nitrogen and oxygen atoms in total. The molecule has 2 atom stereocenters. The van der Waals surface area contributed by atoms with Crippen molar-refractivity contribution in [3.8, 4) is 0 Å². The average Bonchev–Trinajstić information content (AvgIpc) is 2.76.